The predicted molar refractivity (Wildman–Crippen MR) is 142 cm³/mol. The first-order valence-electron chi connectivity index (χ1n) is 15.7. The number of rotatable bonds is 5. The van der Waals surface area contributed by atoms with Crippen molar-refractivity contribution in [1.29, 1.82) is 0 Å². The van der Waals surface area contributed by atoms with Gasteiger partial charge < -0.3 is 4.74 Å². The van der Waals surface area contributed by atoms with Gasteiger partial charge >= 0.3 is 5.97 Å². The van der Waals surface area contributed by atoms with Crippen molar-refractivity contribution in [3.05, 3.63) is 12.7 Å². The molecule has 0 saturated heterocycles. The molecule has 0 bridgehead atoms. The molecule has 0 spiro atoms. The Kier molecular flexibility index (Phi) is 7.35. The number of ether oxygens (including phenoxy) is 1. The summed E-state index contributed by atoms with van der Waals surface area (Å²) in [6.07, 6.45) is 25.3. The molecular formula is C32H51NO2. The second-order valence-corrected chi connectivity index (χ2v) is 13.8. The molecule has 6 rings (SSSR count). The van der Waals surface area contributed by atoms with Gasteiger partial charge in [0.15, 0.2) is 0 Å². The molecule has 0 aromatic heterocycles. The molecule has 0 N–H and O–H groups in total. The van der Waals surface area contributed by atoms with Crippen LogP contribution in [0, 0.1) is 41.4 Å². The first-order chi connectivity index (χ1) is 17.1. The number of hydrogen-bond donors (Lipinski definition) is 0. The van der Waals surface area contributed by atoms with Gasteiger partial charge in [-0.3, -0.25) is 4.90 Å². The Morgan fingerprint density at radius 3 is 1.94 bits per heavy atom. The van der Waals surface area contributed by atoms with Gasteiger partial charge in [0.05, 0.1) is 0 Å². The molecular weight excluding hydrogens is 430 g/mol. The van der Waals surface area contributed by atoms with Gasteiger partial charge in [0.25, 0.3) is 0 Å². The minimum atomic E-state index is -0.235. The maximum Gasteiger partial charge on any atom is 0.330 e. The summed E-state index contributed by atoms with van der Waals surface area (Å²) in [5, 5.41) is 0. The summed E-state index contributed by atoms with van der Waals surface area (Å²) in [7, 11) is 0. The topological polar surface area (TPSA) is 29.5 Å². The highest BCUT2D eigenvalue weighted by atomic mass is 16.5. The SMILES string of the molecule is C=CC(=O)OC1CCC(N(C2CCC(C)CC2)C2CCC3CCC4CCCC5CCC2C3C45)CC1. The molecule has 3 nitrogen and oxygen atoms in total. The molecule has 6 aliphatic rings. The van der Waals surface area contributed by atoms with Gasteiger partial charge in [-0.05, 0) is 131 Å². The molecule has 6 saturated carbocycles. The first kappa shape index (κ1) is 24.5. The van der Waals surface area contributed by atoms with E-state index in [9.17, 15) is 4.79 Å². The van der Waals surface area contributed by atoms with Crippen molar-refractivity contribution < 1.29 is 9.53 Å². The number of hydrogen-bond acceptors (Lipinski definition) is 3. The summed E-state index contributed by atoms with van der Waals surface area (Å²) in [4.78, 5) is 15.0. The van der Waals surface area contributed by atoms with Crippen LogP contribution in [0.5, 0.6) is 0 Å². The molecule has 0 heterocycles. The van der Waals surface area contributed by atoms with E-state index in [0.29, 0.717) is 6.04 Å². The zero-order chi connectivity index (χ0) is 23.9. The molecule has 7 unspecified atom stereocenters. The summed E-state index contributed by atoms with van der Waals surface area (Å²) in [6.45, 7) is 6.07. The van der Waals surface area contributed by atoms with E-state index < -0.39 is 0 Å². The maximum atomic E-state index is 11.8. The molecule has 3 heteroatoms. The third-order valence-corrected chi connectivity index (χ3v) is 12.1. The van der Waals surface area contributed by atoms with Crippen LogP contribution >= 0.6 is 0 Å². The van der Waals surface area contributed by atoms with Crippen LogP contribution in [0.4, 0.5) is 0 Å². The van der Waals surface area contributed by atoms with E-state index >= 15 is 0 Å². The van der Waals surface area contributed by atoms with Gasteiger partial charge in [0.1, 0.15) is 6.10 Å². The molecule has 0 radical (unpaired) electrons. The largest absolute Gasteiger partial charge is 0.459 e. The minimum absolute atomic E-state index is 0.109. The van der Waals surface area contributed by atoms with E-state index in [1.165, 1.54) is 76.7 Å². The molecule has 6 aliphatic carbocycles. The summed E-state index contributed by atoms with van der Waals surface area (Å²) in [5.74, 6) is 6.93. The van der Waals surface area contributed by atoms with E-state index in [1.54, 1.807) is 25.7 Å². The molecule has 6 fully saturated rings. The normalized spacial score (nSPS) is 47.5. The highest BCUT2D eigenvalue weighted by Crippen LogP contribution is 2.61. The molecule has 0 aromatic rings. The van der Waals surface area contributed by atoms with Crippen molar-refractivity contribution in [1.82, 2.24) is 4.90 Å². The van der Waals surface area contributed by atoms with Crippen LogP contribution < -0.4 is 0 Å². The lowest BCUT2D eigenvalue weighted by Crippen LogP contribution is -2.61. The van der Waals surface area contributed by atoms with Gasteiger partial charge in [-0.15, -0.1) is 0 Å². The molecule has 35 heavy (non-hydrogen) atoms. The van der Waals surface area contributed by atoms with Gasteiger partial charge in [0, 0.05) is 24.2 Å². The number of carbonyl (C=O) groups is 1. The van der Waals surface area contributed by atoms with Crippen LogP contribution in [0.25, 0.3) is 0 Å². The fourth-order valence-electron chi connectivity index (χ4n) is 10.7. The quantitative estimate of drug-likeness (QED) is 0.300. The second-order valence-electron chi connectivity index (χ2n) is 13.8. The minimum Gasteiger partial charge on any atom is -0.459 e. The van der Waals surface area contributed by atoms with E-state index in [2.05, 4.69) is 18.4 Å². The number of nitrogens with zero attached hydrogens (tertiary/aromatic N) is 1. The lowest BCUT2D eigenvalue weighted by Gasteiger charge is -2.62. The fourth-order valence-corrected chi connectivity index (χ4v) is 10.7. The second kappa shape index (κ2) is 10.5. The Morgan fingerprint density at radius 2 is 1.29 bits per heavy atom. The van der Waals surface area contributed by atoms with Crippen molar-refractivity contribution >= 4 is 5.97 Å². The third kappa shape index (κ3) is 4.77. The van der Waals surface area contributed by atoms with Gasteiger partial charge in [-0.25, -0.2) is 4.79 Å². The fraction of sp³-hybridized carbons (Fsp3) is 0.906. The lowest BCUT2D eigenvalue weighted by molar-refractivity contribution is -0.147. The van der Waals surface area contributed by atoms with Crippen molar-refractivity contribution in [2.75, 3.05) is 0 Å². The van der Waals surface area contributed by atoms with Crippen LogP contribution in [0.1, 0.15) is 116 Å². The molecule has 0 aromatic carbocycles. The van der Waals surface area contributed by atoms with Crippen LogP contribution in [-0.2, 0) is 9.53 Å². The highest BCUT2D eigenvalue weighted by Gasteiger charge is 2.55. The average Bonchev–Trinajstić information content (AvgIpc) is 2.90. The van der Waals surface area contributed by atoms with Crippen molar-refractivity contribution in [3.8, 4) is 0 Å². The van der Waals surface area contributed by atoms with Gasteiger partial charge in [-0.2, -0.15) is 0 Å². The average molecular weight is 482 g/mol. The summed E-state index contributed by atoms with van der Waals surface area (Å²) in [5.41, 5.74) is 0. The zero-order valence-corrected chi connectivity index (χ0v) is 22.4. The lowest BCUT2D eigenvalue weighted by atomic mass is 9.47. The van der Waals surface area contributed by atoms with Crippen molar-refractivity contribution in [2.24, 2.45) is 41.4 Å². The standard InChI is InChI=1S/C32H51NO2/c1-3-30(34)35-27-17-15-26(16-18-27)33(25-13-7-21(2)8-14-25)29-20-12-24-10-9-22-5-4-6-23-11-19-28(29)32(24)31(22)23/h3,21-29,31-32H,1,4-20H2,2H3. The van der Waals surface area contributed by atoms with Crippen LogP contribution in [-0.4, -0.2) is 35.1 Å². The zero-order valence-electron chi connectivity index (χ0n) is 22.4. The number of esters is 1. The third-order valence-electron chi connectivity index (χ3n) is 12.1. The smallest absolute Gasteiger partial charge is 0.330 e. The first-order valence-corrected chi connectivity index (χ1v) is 15.7. The van der Waals surface area contributed by atoms with E-state index in [1.807, 2.05) is 0 Å². The van der Waals surface area contributed by atoms with Crippen LogP contribution in [0.3, 0.4) is 0 Å². The Morgan fingerprint density at radius 1 is 0.714 bits per heavy atom. The Hall–Kier alpha value is -0.830. The summed E-state index contributed by atoms with van der Waals surface area (Å²) >= 11 is 0. The Labute approximate surface area is 214 Å². The number of carbonyl (C=O) groups excluding carboxylic acids is 1. The van der Waals surface area contributed by atoms with Gasteiger partial charge in [-0.1, -0.05) is 32.8 Å². The summed E-state index contributed by atoms with van der Waals surface area (Å²) < 4.78 is 5.68. The van der Waals surface area contributed by atoms with E-state index in [4.69, 9.17) is 4.74 Å². The van der Waals surface area contributed by atoms with Crippen LogP contribution in [0.2, 0.25) is 0 Å². The maximum absolute atomic E-state index is 11.8. The highest BCUT2D eigenvalue weighted by molar-refractivity contribution is 5.81. The van der Waals surface area contributed by atoms with Crippen LogP contribution in [0.15, 0.2) is 12.7 Å². The predicted octanol–water partition coefficient (Wildman–Crippen LogP) is 7.54. The van der Waals surface area contributed by atoms with E-state index in [-0.39, 0.29) is 12.1 Å². The Balaban J connectivity index is 1.23. The summed E-state index contributed by atoms with van der Waals surface area (Å²) in [6, 6.07) is 2.33. The van der Waals surface area contributed by atoms with Crippen molar-refractivity contribution in [3.63, 3.8) is 0 Å². The molecule has 7 atom stereocenters. The molecule has 196 valence electrons. The Bertz CT molecular complexity index is 743. The molecule has 0 amide bonds. The van der Waals surface area contributed by atoms with Gasteiger partial charge in [0.2, 0.25) is 0 Å². The van der Waals surface area contributed by atoms with E-state index in [0.717, 1.165) is 66.4 Å². The monoisotopic (exact) mass is 481 g/mol. The van der Waals surface area contributed by atoms with Crippen molar-refractivity contribution in [2.45, 2.75) is 140 Å². The molecule has 0 aliphatic heterocycles.